The van der Waals surface area contributed by atoms with Gasteiger partial charge in [0.1, 0.15) is 0 Å². The zero-order valence-electron chi connectivity index (χ0n) is 8.80. The lowest BCUT2D eigenvalue weighted by atomic mass is 9.94. The van der Waals surface area contributed by atoms with Gasteiger partial charge in [0.2, 0.25) is 0 Å². The van der Waals surface area contributed by atoms with Crippen LogP contribution < -0.4 is 0 Å². The Bertz CT molecular complexity index is 132. The Balaban J connectivity index is 3.75. The summed E-state index contributed by atoms with van der Waals surface area (Å²) in [5.74, 6) is 1.15. The highest BCUT2D eigenvalue weighted by atomic mass is 16.3. The lowest BCUT2D eigenvalue weighted by molar-refractivity contribution is 0.207. The molecule has 0 amide bonds. The lowest BCUT2D eigenvalue weighted by Gasteiger charge is -2.14. The minimum atomic E-state index is 0.321. The van der Waals surface area contributed by atoms with E-state index in [0.29, 0.717) is 18.4 Å². The molecule has 0 spiro atoms. The molecule has 0 aromatic heterocycles. The van der Waals surface area contributed by atoms with Crippen LogP contribution in [-0.4, -0.2) is 11.7 Å². The van der Waals surface area contributed by atoms with Crippen LogP contribution in [-0.2, 0) is 0 Å². The summed E-state index contributed by atoms with van der Waals surface area (Å²) in [5, 5.41) is 9.06. The normalized spacial score (nSPS) is 13.2. The average molecular weight is 170 g/mol. The molecule has 0 aromatic carbocycles. The fourth-order valence-electron chi connectivity index (χ4n) is 1.31. The smallest absolute Gasteiger partial charge is 0.0462 e. The van der Waals surface area contributed by atoms with Crippen molar-refractivity contribution in [3.8, 4) is 0 Å². The Morgan fingerprint density at radius 3 is 2.25 bits per heavy atom. The molecule has 1 atom stereocenters. The highest BCUT2D eigenvalue weighted by Crippen LogP contribution is 2.15. The maximum absolute atomic E-state index is 9.06. The highest BCUT2D eigenvalue weighted by Gasteiger charge is 2.07. The van der Waals surface area contributed by atoms with Gasteiger partial charge in [-0.05, 0) is 38.5 Å². The Morgan fingerprint density at radius 1 is 1.33 bits per heavy atom. The highest BCUT2D eigenvalue weighted by molar-refractivity contribution is 4.94. The molecular formula is C11H22O. The summed E-state index contributed by atoms with van der Waals surface area (Å²) >= 11 is 0. The van der Waals surface area contributed by atoms with Crippen molar-refractivity contribution < 1.29 is 5.11 Å². The molecule has 0 aliphatic rings. The van der Waals surface area contributed by atoms with E-state index in [1.54, 1.807) is 0 Å². The fourth-order valence-corrected chi connectivity index (χ4v) is 1.31. The zero-order valence-corrected chi connectivity index (χ0v) is 8.80. The molecule has 0 aromatic rings. The fraction of sp³-hybridized carbons (Fsp3) is 0.818. The molecule has 0 bridgehead atoms. The van der Waals surface area contributed by atoms with Crippen molar-refractivity contribution in [2.75, 3.05) is 6.61 Å². The third-order valence-corrected chi connectivity index (χ3v) is 1.92. The molecule has 0 aliphatic carbocycles. The van der Waals surface area contributed by atoms with Crippen molar-refractivity contribution in [2.45, 2.75) is 40.5 Å². The van der Waals surface area contributed by atoms with E-state index in [1.165, 1.54) is 5.57 Å². The van der Waals surface area contributed by atoms with Crippen LogP contribution in [0.5, 0.6) is 0 Å². The third-order valence-electron chi connectivity index (χ3n) is 1.92. The van der Waals surface area contributed by atoms with Crippen molar-refractivity contribution in [1.82, 2.24) is 0 Å². The van der Waals surface area contributed by atoms with E-state index in [0.717, 1.165) is 12.8 Å². The second-order valence-corrected chi connectivity index (χ2v) is 4.20. The standard InChI is InChI=1S/C11H22O/c1-9(2)5-6-11(8-12)7-10(3)4/h5,10-12H,6-8H2,1-4H3/t11-/m0/s1. The summed E-state index contributed by atoms with van der Waals surface area (Å²) in [6.45, 7) is 8.92. The van der Waals surface area contributed by atoms with Crippen molar-refractivity contribution in [1.29, 1.82) is 0 Å². The zero-order chi connectivity index (χ0) is 9.56. The number of aliphatic hydroxyl groups is 1. The van der Waals surface area contributed by atoms with Crippen molar-refractivity contribution in [3.63, 3.8) is 0 Å². The van der Waals surface area contributed by atoms with Crippen molar-refractivity contribution >= 4 is 0 Å². The van der Waals surface area contributed by atoms with Gasteiger partial charge >= 0.3 is 0 Å². The van der Waals surface area contributed by atoms with Gasteiger partial charge in [-0.25, -0.2) is 0 Å². The van der Waals surface area contributed by atoms with Crippen molar-refractivity contribution in [3.05, 3.63) is 11.6 Å². The molecule has 12 heavy (non-hydrogen) atoms. The number of hydrogen-bond donors (Lipinski definition) is 1. The SMILES string of the molecule is CC(C)=CC[C@H](CO)CC(C)C. The van der Waals surface area contributed by atoms with Crippen molar-refractivity contribution in [2.24, 2.45) is 11.8 Å². The monoisotopic (exact) mass is 170 g/mol. The molecule has 0 saturated carbocycles. The van der Waals surface area contributed by atoms with E-state index in [4.69, 9.17) is 5.11 Å². The van der Waals surface area contributed by atoms with Gasteiger partial charge in [-0.3, -0.25) is 0 Å². The van der Waals surface area contributed by atoms with E-state index in [9.17, 15) is 0 Å². The quantitative estimate of drug-likeness (QED) is 0.629. The summed E-state index contributed by atoms with van der Waals surface area (Å²) in [5.41, 5.74) is 1.34. The Hall–Kier alpha value is -0.300. The number of aliphatic hydroxyl groups excluding tert-OH is 1. The van der Waals surface area contributed by atoms with Crippen LogP contribution >= 0.6 is 0 Å². The second-order valence-electron chi connectivity index (χ2n) is 4.20. The first kappa shape index (κ1) is 11.7. The number of rotatable bonds is 5. The van der Waals surface area contributed by atoms with Crippen LogP contribution in [0.4, 0.5) is 0 Å². The maximum Gasteiger partial charge on any atom is 0.0462 e. The molecular weight excluding hydrogens is 148 g/mol. The molecule has 1 heteroatoms. The molecule has 72 valence electrons. The molecule has 0 radical (unpaired) electrons. The molecule has 0 heterocycles. The van der Waals surface area contributed by atoms with Gasteiger partial charge < -0.3 is 5.11 Å². The van der Waals surface area contributed by atoms with Gasteiger partial charge in [-0.2, -0.15) is 0 Å². The van der Waals surface area contributed by atoms with Gasteiger partial charge in [-0.1, -0.05) is 25.5 Å². The first-order chi connectivity index (χ1) is 5.56. The number of hydrogen-bond acceptors (Lipinski definition) is 1. The van der Waals surface area contributed by atoms with Crippen LogP contribution in [0, 0.1) is 11.8 Å². The molecule has 0 rings (SSSR count). The van der Waals surface area contributed by atoms with Gasteiger partial charge in [-0.15, -0.1) is 0 Å². The lowest BCUT2D eigenvalue weighted by Crippen LogP contribution is -2.08. The molecule has 0 unspecified atom stereocenters. The van der Waals surface area contributed by atoms with Crippen LogP contribution in [0.2, 0.25) is 0 Å². The molecule has 1 nitrogen and oxygen atoms in total. The van der Waals surface area contributed by atoms with Gasteiger partial charge in [0.25, 0.3) is 0 Å². The number of allylic oxidation sites excluding steroid dienone is 2. The minimum Gasteiger partial charge on any atom is -0.396 e. The summed E-state index contributed by atoms with van der Waals surface area (Å²) in [7, 11) is 0. The van der Waals surface area contributed by atoms with E-state index in [2.05, 4.69) is 33.8 Å². The summed E-state index contributed by atoms with van der Waals surface area (Å²) in [4.78, 5) is 0. The average Bonchev–Trinajstić information content (AvgIpc) is 1.97. The Kier molecular flexibility index (Phi) is 6.09. The maximum atomic E-state index is 9.06. The molecule has 0 saturated heterocycles. The first-order valence-electron chi connectivity index (χ1n) is 4.80. The molecule has 1 N–H and O–H groups in total. The predicted octanol–water partition coefficient (Wildman–Crippen LogP) is 3.00. The minimum absolute atomic E-state index is 0.321. The second kappa shape index (κ2) is 6.24. The molecule has 0 fully saturated rings. The van der Waals surface area contributed by atoms with E-state index in [1.807, 2.05) is 0 Å². The molecule has 0 aliphatic heterocycles. The Labute approximate surface area is 76.5 Å². The van der Waals surface area contributed by atoms with Crippen LogP contribution in [0.3, 0.4) is 0 Å². The topological polar surface area (TPSA) is 20.2 Å². The van der Waals surface area contributed by atoms with Crippen LogP contribution in [0.25, 0.3) is 0 Å². The Morgan fingerprint density at radius 2 is 1.92 bits per heavy atom. The third kappa shape index (κ3) is 6.41. The largest absolute Gasteiger partial charge is 0.396 e. The van der Waals surface area contributed by atoms with E-state index >= 15 is 0 Å². The van der Waals surface area contributed by atoms with Crippen LogP contribution in [0.1, 0.15) is 40.5 Å². The van der Waals surface area contributed by atoms with E-state index in [-0.39, 0.29) is 0 Å². The van der Waals surface area contributed by atoms with E-state index < -0.39 is 0 Å². The predicted molar refractivity (Wildman–Crippen MR) is 54.1 cm³/mol. The first-order valence-corrected chi connectivity index (χ1v) is 4.80. The van der Waals surface area contributed by atoms with Gasteiger partial charge in [0.15, 0.2) is 0 Å². The summed E-state index contributed by atoms with van der Waals surface area (Å²) < 4.78 is 0. The summed E-state index contributed by atoms with van der Waals surface area (Å²) in [6.07, 6.45) is 4.36. The summed E-state index contributed by atoms with van der Waals surface area (Å²) in [6, 6.07) is 0. The van der Waals surface area contributed by atoms with Gasteiger partial charge in [0.05, 0.1) is 0 Å². The van der Waals surface area contributed by atoms with Gasteiger partial charge in [0, 0.05) is 6.61 Å². The van der Waals surface area contributed by atoms with Crippen LogP contribution in [0.15, 0.2) is 11.6 Å².